The predicted molar refractivity (Wildman–Crippen MR) is 56.2 cm³/mol. The van der Waals surface area contributed by atoms with Crippen molar-refractivity contribution in [2.45, 2.75) is 18.9 Å². The number of hydrogen-bond acceptors (Lipinski definition) is 2. The Hall–Kier alpha value is -1.96. The molecule has 0 rings (SSSR count). The Labute approximate surface area is 88.6 Å². The van der Waals surface area contributed by atoms with E-state index in [1.54, 1.807) is 6.08 Å². The monoisotopic (exact) mass is 210 g/mol. The molecule has 0 spiro atoms. The van der Waals surface area contributed by atoms with Gasteiger partial charge in [-0.25, -0.2) is 9.59 Å². The standard InChI is InChI=1S/C10H14N2O3/c1-3-5-7-11-10(15)12-8(6-4-2)9(13)14/h2-3,8H,1,5-7H2,(H,13,14)(H2,11,12,15). The number of aliphatic carboxylic acids is 1. The maximum atomic E-state index is 11.1. The molecular weight excluding hydrogens is 196 g/mol. The quantitative estimate of drug-likeness (QED) is 0.336. The van der Waals surface area contributed by atoms with Crippen LogP contribution in [0.4, 0.5) is 4.79 Å². The van der Waals surface area contributed by atoms with E-state index in [-0.39, 0.29) is 6.42 Å². The van der Waals surface area contributed by atoms with Crippen molar-refractivity contribution >= 4 is 12.0 Å². The molecule has 0 aromatic heterocycles. The molecule has 82 valence electrons. The molecule has 0 aliphatic carbocycles. The number of urea groups is 1. The normalized spacial score (nSPS) is 10.9. The molecule has 2 amide bonds. The van der Waals surface area contributed by atoms with E-state index in [9.17, 15) is 9.59 Å². The maximum absolute atomic E-state index is 11.1. The summed E-state index contributed by atoms with van der Waals surface area (Å²) < 4.78 is 0. The van der Waals surface area contributed by atoms with Crippen LogP contribution in [0.25, 0.3) is 0 Å². The van der Waals surface area contributed by atoms with E-state index in [4.69, 9.17) is 11.5 Å². The highest BCUT2D eigenvalue weighted by Gasteiger charge is 2.17. The van der Waals surface area contributed by atoms with Gasteiger partial charge in [0, 0.05) is 13.0 Å². The lowest BCUT2D eigenvalue weighted by Gasteiger charge is -2.12. The van der Waals surface area contributed by atoms with Crippen molar-refractivity contribution in [1.29, 1.82) is 0 Å². The van der Waals surface area contributed by atoms with Crippen LogP contribution in [0, 0.1) is 12.3 Å². The van der Waals surface area contributed by atoms with Gasteiger partial charge in [0.25, 0.3) is 0 Å². The second-order valence-corrected chi connectivity index (χ2v) is 2.78. The largest absolute Gasteiger partial charge is 0.480 e. The van der Waals surface area contributed by atoms with Gasteiger partial charge in [-0.15, -0.1) is 18.9 Å². The molecule has 5 nitrogen and oxygen atoms in total. The number of carboxylic acid groups (broad SMARTS) is 1. The second-order valence-electron chi connectivity index (χ2n) is 2.78. The topological polar surface area (TPSA) is 78.4 Å². The molecule has 1 unspecified atom stereocenters. The average Bonchev–Trinajstić information content (AvgIpc) is 2.17. The maximum Gasteiger partial charge on any atom is 0.327 e. The summed E-state index contributed by atoms with van der Waals surface area (Å²) in [5, 5.41) is 13.4. The Bertz CT molecular complexity index is 281. The third-order valence-corrected chi connectivity index (χ3v) is 1.56. The number of amides is 2. The summed E-state index contributed by atoms with van der Waals surface area (Å²) in [4.78, 5) is 21.7. The molecule has 0 aliphatic rings. The molecular formula is C10H14N2O3. The molecule has 0 heterocycles. The van der Waals surface area contributed by atoms with Crippen LogP contribution in [0.3, 0.4) is 0 Å². The molecule has 1 atom stereocenters. The first-order chi connectivity index (χ1) is 7.11. The number of terminal acetylenes is 1. The second kappa shape index (κ2) is 7.44. The summed E-state index contributed by atoms with van der Waals surface area (Å²) in [6, 6.07) is -1.58. The zero-order valence-corrected chi connectivity index (χ0v) is 8.32. The van der Waals surface area contributed by atoms with Crippen LogP contribution >= 0.6 is 0 Å². The Morgan fingerprint density at radius 2 is 2.27 bits per heavy atom. The summed E-state index contributed by atoms with van der Waals surface area (Å²) in [5.41, 5.74) is 0. The van der Waals surface area contributed by atoms with Crippen molar-refractivity contribution in [3.05, 3.63) is 12.7 Å². The number of rotatable bonds is 6. The van der Waals surface area contributed by atoms with Crippen molar-refractivity contribution in [3.63, 3.8) is 0 Å². The van der Waals surface area contributed by atoms with E-state index < -0.39 is 18.0 Å². The van der Waals surface area contributed by atoms with Gasteiger partial charge in [-0.2, -0.15) is 0 Å². The van der Waals surface area contributed by atoms with Crippen LogP contribution in [0.5, 0.6) is 0 Å². The third kappa shape index (κ3) is 6.16. The van der Waals surface area contributed by atoms with Gasteiger partial charge in [-0.1, -0.05) is 6.08 Å². The van der Waals surface area contributed by atoms with Gasteiger partial charge in [0.05, 0.1) is 0 Å². The molecule has 3 N–H and O–H groups in total. The zero-order chi connectivity index (χ0) is 11.7. The summed E-state index contributed by atoms with van der Waals surface area (Å²) in [6.07, 6.45) is 7.20. The zero-order valence-electron chi connectivity index (χ0n) is 8.32. The van der Waals surface area contributed by atoms with Crippen molar-refractivity contribution in [2.24, 2.45) is 0 Å². The highest BCUT2D eigenvalue weighted by atomic mass is 16.4. The lowest BCUT2D eigenvalue weighted by molar-refractivity contribution is -0.139. The number of carbonyl (C=O) groups excluding carboxylic acids is 1. The van der Waals surface area contributed by atoms with Gasteiger partial charge >= 0.3 is 12.0 Å². The van der Waals surface area contributed by atoms with E-state index in [2.05, 4.69) is 23.1 Å². The van der Waals surface area contributed by atoms with Gasteiger partial charge < -0.3 is 15.7 Å². The number of hydrogen-bond donors (Lipinski definition) is 3. The Balaban J connectivity index is 3.95. The van der Waals surface area contributed by atoms with E-state index in [0.29, 0.717) is 13.0 Å². The molecule has 0 bridgehead atoms. The Kier molecular flexibility index (Phi) is 6.47. The third-order valence-electron chi connectivity index (χ3n) is 1.56. The summed E-state index contributed by atoms with van der Waals surface area (Å²) >= 11 is 0. The fourth-order valence-electron chi connectivity index (χ4n) is 0.815. The Morgan fingerprint density at radius 3 is 2.73 bits per heavy atom. The van der Waals surface area contributed by atoms with Gasteiger partial charge in [0.15, 0.2) is 0 Å². The van der Waals surface area contributed by atoms with Crippen molar-refractivity contribution in [1.82, 2.24) is 10.6 Å². The predicted octanol–water partition coefficient (Wildman–Crippen LogP) is 0.338. The van der Waals surface area contributed by atoms with Crippen molar-refractivity contribution in [2.75, 3.05) is 6.54 Å². The number of nitrogens with one attached hydrogen (secondary N) is 2. The van der Waals surface area contributed by atoms with Gasteiger partial charge in [0.1, 0.15) is 6.04 Å². The average molecular weight is 210 g/mol. The lowest BCUT2D eigenvalue weighted by Crippen LogP contribution is -2.46. The molecule has 0 fully saturated rings. The molecule has 0 saturated carbocycles. The molecule has 5 heteroatoms. The highest BCUT2D eigenvalue weighted by molar-refractivity contribution is 5.82. The first-order valence-electron chi connectivity index (χ1n) is 4.43. The summed E-state index contributed by atoms with van der Waals surface area (Å²) in [5.74, 6) is 1.04. The van der Waals surface area contributed by atoms with Crippen molar-refractivity contribution < 1.29 is 14.7 Å². The van der Waals surface area contributed by atoms with E-state index >= 15 is 0 Å². The molecule has 0 radical (unpaired) electrons. The molecule has 15 heavy (non-hydrogen) atoms. The number of carbonyl (C=O) groups is 2. The van der Waals surface area contributed by atoms with Gasteiger partial charge in [0.2, 0.25) is 0 Å². The van der Waals surface area contributed by atoms with E-state index in [1.165, 1.54) is 0 Å². The molecule has 0 saturated heterocycles. The van der Waals surface area contributed by atoms with Crippen LogP contribution in [0.1, 0.15) is 12.8 Å². The minimum atomic E-state index is -1.15. The molecule has 0 aromatic carbocycles. The first kappa shape index (κ1) is 13.0. The SMILES string of the molecule is C#CCC(NC(=O)NCCC=C)C(=O)O. The fourth-order valence-corrected chi connectivity index (χ4v) is 0.815. The smallest absolute Gasteiger partial charge is 0.327 e. The fraction of sp³-hybridized carbons (Fsp3) is 0.400. The minimum absolute atomic E-state index is 0.0375. The number of carboxylic acids is 1. The minimum Gasteiger partial charge on any atom is -0.480 e. The Morgan fingerprint density at radius 1 is 1.60 bits per heavy atom. The first-order valence-corrected chi connectivity index (χ1v) is 4.43. The van der Waals surface area contributed by atoms with E-state index in [1.807, 2.05) is 0 Å². The summed E-state index contributed by atoms with van der Waals surface area (Å²) in [6.45, 7) is 3.90. The molecule has 0 aliphatic heterocycles. The van der Waals surface area contributed by atoms with Gasteiger partial charge in [-0.3, -0.25) is 0 Å². The van der Waals surface area contributed by atoms with Gasteiger partial charge in [-0.05, 0) is 6.42 Å². The molecule has 0 aromatic rings. The van der Waals surface area contributed by atoms with Crippen LogP contribution in [-0.2, 0) is 4.79 Å². The van der Waals surface area contributed by atoms with Crippen molar-refractivity contribution in [3.8, 4) is 12.3 Å². The van der Waals surface area contributed by atoms with E-state index in [0.717, 1.165) is 0 Å². The van der Waals surface area contributed by atoms with Crippen LogP contribution < -0.4 is 10.6 Å². The lowest BCUT2D eigenvalue weighted by atomic mass is 10.2. The van der Waals surface area contributed by atoms with Crippen LogP contribution in [-0.4, -0.2) is 29.7 Å². The van der Waals surface area contributed by atoms with Crippen LogP contribution in [0.15, 0.2) is 12.7 Å². The summed E-state index contributed by atoms with van der Waals surface area (Å²) in [7, 11) is 0. The highest BCUT2D eigenvalue weighted by Crippen LogP contribution is 1.90. The van der Waals surface area contributed by atoms with Crippen LogP contribution in [0.2, 0.25) is 0 Å².